The molecule has 0 saturated carbocycles. The summed E-state index contributed by atoms with van der Waals surface area (Å²) in [5.41, 5.74) is 5.73. The summed E-state index contributed by atoms with van der Waals surface area (Å²) in [6.45, 7) is 3.00. The molecule has 6 nitrogen and oxygen atoms in total. The Morgan fingerprint density at radius 3 is 2.65 bits per heavy atom. The Kier molecular flexibility index (Phi) is 4.89. The normalized spacial score (nSPS) is 25.9. The van der Waals surface area contributed by atoms with Crippen LogP contribution >= 0.6 is 0 Å². The highest BCUT2D eigenvalue weighted by Gasteiger charge is 2.38. The summed E-state index contributed by atoms with van der Waals surface area (Å²) in [7, 11) is 1.55. The lowest BCUT2D eigenvalue weighted by Crippen LogP contribution is -2.43. The van der Waals surface area contributed by atoms with Gasteiger partial charge >= 0.3 is 5.97 Å². The quantitative estimate of drug-likeness (QED) is 0.682. The Morgan fingerprint density at radius 1 is 1.53 bits per heavy atom. The lowest BCUT2D eigenvalue weighted by Gasteiger charge is -2.20. The Morgan fingerprint density at radius 2 is 2.18 bits per heavy atom. The number of ether oxygens (including phenoxy) is 1. The molecule has 1 amide bonds. The van der Waals surface area contributed by atoms with Crippen LogP contribution in [-0.4, -0.2) is 54.7 Å². The fraction of sp³-hybridized carbons (Fsp3) is 0.818. The summed E-state index contributed by atoms with van der Waals surface area (Å²) < 4.78 is 4.86. The van der Waals surface area contributed by atoms with Crippen molar-refractivity contribution in [3.63, 3.8) is 0 Å². The summed E-state index contributed by atoms with van der Waals surface area (Å²) >= 11 is 0. The van der Waals surface area contributed by atoms with Gasteiger partial charge in [0.15, 0.2) is 0 Å². The first-order chi connectivity index (χ1) is 7.97. The number of rotatable bonds is 5. The van der Waals surface area contributed by atoms with E-state index in [0.717, 1.165) is 0 Å². The highest BCUT2D eigenvalue weighted by Crippen LogP contribution is 2.23. The zero-order valence-corrected chi connectivity index (χ0v) is 10.3. The van der Waals surface area contributed by atoms with E-state index >= 15 is 0 Å². The van der Waals surface area contributed by atoms with Crippen molar-refractivity contribution in [1.29, 1.82) is 0 Å². The van der Waals surface area contributed by atoms with Crippen LogP contribution in [0.1, 0.15) is 13.3 Å². The maximum Gasteiger partial charge on any atom is 0.308 e. The fourth-order valence-electron chi connectivity index (χ4n) is 2.07. The monoisotopic (exact) mass is 244 g/mol. The lowest BCUT2D eigenvalue weighted by molar-refractivity contribution is -0.142. The van der Waals surface area contributed by atoms with Gasteiger partial charge in [0.1, 0.15) is 0 Å². The number of carbonyl (C=O) groups excluding carboxylic acids is 1. The molecule has 0 aliphatic carbocycles. The topological polar surface area (TPSA) is 92.9 Å². The van der Waals surface area contributed by atoms with E-state index in [2.05, 4.69) is 0 Å². The molecule has 3 unspecified atom stereocenters. The van der Waals surface area contributed by atoms with E-state index in [0.29, 0.717) is 19.6 Å². The molecule has 1 fully saturated rings. The first-order valence-corrected chi connectivity index (χ1v) is 5.73. The van der Waals surface area contributed by atoms with Gasteiger partial charge in [0.2, 0.25) is 5.91 Å². The third-order valence-electron chi connectivity index (χ3n) is 3.19. The van der Waals surface area contributed by atoms with Crippen LogP contribution in [-0.2, 0) is 14.3 Å². The average molecular weight is 244 g/mol. The molecule has 0 radical (unpaired) electrons. The molecule has 1 aliphatic rings. The minimum absolute atomic E-state index is 0.0222. The number of nitrogens with two attached hydrogens (primary N) is 1. The number of carboxylic acid groups (broad SMARTS) is 1. The van der Waals surface area contributed by atoms with Crippen molar-refractivity contribution in [2.24, 2.45) is 17.6 Å². The Balaban J connectivity index is 2.52. The molecular formula is C11H20N2O4. The summed E-state index contributed by atoms with van der Waals surface area (Å²) in [6, 6.07) is -0.602. The zero-order chi connectivity index (χ0) is 13.0. The lowest BCUT2D eigenvalue weighted by atomic mass is 9.99. The zero-order valence-electron chi connectivity index (χ0n) is 10.3. The van der Waals surface area contributed by atoms with Gasteiger partial charge in [0.05, 0.1) is 12.0 Å². The maximum absolute atomic E-state index is 11.9. The van der Waals surface area contributed by atoms with Crippen molar-refractivity contribution in [2.45, 2.75) is 19.4 Å². The van der Waals surface area contributed by atoms with Crippen molar-refractivity contribution < 1.29 is 19.4 Å². The second-order valence-electron chi connectivity index (χ2n) is 4.55. The van der Waals surface area contributed by atoms with Gasteiger partial charge in [-0.1, -0.05) is 6.92 Å². The molecule has 98 valence electrons. The second kappa shape index (κ2) is 5.97. The van der Waals surface area contributed by atoms with E-state index in [9.17, 15) is 9.59 Å². The molecule has 1 heterocycles. The van der Waals surface area contributed by atoms with Gasteiger partial charge in [-0.25, -0.2) is 0 Å². The van der Waals surface area contributed by atoms with Crippen LogP contribution < -0.4 is 5.73 Å². The molecular weight excluding hydrogens is 224 g/mol. The van der Waals surface area contributed by atoms with Crippen molar-refractivity contribution in [1.82, 2.24) is 4.90 Å². The molecule has 1 rings (SSSR count). The van der Waals surface area contributed by atoms with Gasteiger partial charge in [0, 0.05) is 26.8 Å². The molecule has 1 aliphatic heterocycles. The number of hydrogen-bond acceptors (Lipinski definition) is 4. The predicted molar refractivity (Wildman–Crippen MR) is 61.3 cm³/mol. The molecule has 3 atom stereocenters. The van der Waals surface area contributed by atoms with Gasteiger partial charge in [-0.2, -0.15) is 0 Å². The van der Waals surface area contributed by atoms with Crippen LogP contribution in [0.4, 0.5) is 0 Å². The number of nitrogens with zero attached hydrogens (tertiary/aromatic N) is 1. The Bertz CT molecular complexity index is 295. The highest BCUT2D eigenvalue weighted by atomic mass is 16.5. The van der Waals surface area contributed by atoms with Crippen LogP contribution in [0.5, 0.6) is 0 Å². The standard InChI is InChI=1S/C11H20N2O4/c1-7-5-13(6-8(7)11(15)16)10(14)9(12)3-4-17-2/h7-9H,3-6,12H2,1-2H3,(H,15,16). The molecule has 17 heavy (non-hydrogen) atoms. The van der Waals surface area contributed by atoms with E-state index < -0.39 is 17.9 Å². The smallest absolute Gasteiger partial charge is 0.308 e. The van der Waals surface area contributed by atoms with E-state index in [4.69, 9.17) is 15.6 Å². The number of carboxylic acids is 1. The van der Waals surface area contributed by atoms with Crippen LogP contribution in [0.2, 0.25) is 0 Å². The van der Waals surface area contributed by atoms with Gasteiger partial charge in [-0.15, -0.1) is 0 Å². The number of hydrogen-bond donors (Lipinski definition) is 2. The minimum Gasteiger partial charge on any atom is -0.481 e. The van der Waals surface area contributed by atoms with E-state index in [1.807, 2.05) is 6.92 Å². The number of amides is 1. The number of methoxy groups -OCH3 is 1. The fourth-order valence-corrected chi connectivity index (χ4v) is 2.07. The largest absolute Gasteiger partial charge is 0.481 e. The first-order valence-electron chi connectivity index (χ1n) is 5.73. The molecule has 0 aromatic heterocycles. The van der Waals surface area contributed by atoms with Gasteiger partial charge in [-0.05, 0) is 12.3 Å². The van der Waals surface area contributed by atoms with Crippen LogP contribution in [0.25, 0.3) is 0 Å². The maximum atomic E-state index is 11.9. The summed E-state index contributed by atoms with van der Waals surface area (Å²) in [5, 5.41) is 8.97. The molecule has 0 aromatic carbocycles. The molecule has 1 saturated heterocycles. The second-order valence-corrected chi connectivity index (χ2v) is 4.55. The van der Waals surface area contributed by atoms with Crippen molar-refractivity contribution in [2.75, 3.05) is 26.8 Å². The van der Waals surface area contributed by atoms with E-state index in [-0.39, 0.29) is 18.4 Å². The molecule has 3 N–H and O–H groups in total. The Hall–Kier alpha value is -1.14. The summed E-state index contributed by atoms with van der Waals surface area (Å²) in [5.74, 6) is -1.53. The van der Waals surface area contributed by atoms with Crippen molar-refractivity contribution in [3.8, 4) is 0 Å². The van der Waals surface area contributed by atoms with Gasteiger partial charge in [0.25, 0.3) is 0 Å². The molecule has 0 bridgehead atoms. The Labute approximate surface area is 101 Å². The van der Waals surface area contributed by atoms with E-state index in [1.54, 1.807) is 12.0 Å². The molecule has 0 spiro atoms. The average Bonchev–Trinajstić information content (AvgIpc) is 2.67. The van der Waals surface area contributed by atoms with Crippen molar-refractivity contribution in [3.05, 3.63) is 0 Å². The van der Waals surface area contributed by atoms with E-state index in [1.165, 1.54) is 0 Å². The first kappa shape index (κ1) is 13.9. The highest BCUT2D eigenvalue weighted by molar-refractivity contribution is 5.83. The third-order valence-corrected chi connectivity index (χ3v) is 3.19. The minimum atomic E-state index is -0.849. The summed E-state index contributed by atoms with van der Waals surface area (Å²) in [4.78, 5) is 24.4. The third kappa shape index (κ3) is 3.41. The van der Waals surface area contributed by atoms with Gasteiger partial charge in [-0.3, -0.25) is 9.59 Å². The predicted octanol–water partition coefficient (Wildman–Crippen LogP) is -0.471. The van der Waals surface area contributed by atoms with Gasteiger partial charge < -0.3 is 20.5 Å². The molecule has 0 aromatic rings. The number of aliphatic carboxylic acids is 1. The van der Waals surface area contributed by atoms with Crippen LogP contribution in [0, 0.1) is 11.8 Å². The number of likely N-dealkylation sites (tertiary alicyclic amines) is 1. The number of carbonyl (C=O) groups is 2. The SMILES string of the molecule is COCCC(N)C(=O)N1CC(C)C(C(=O)O)C1. The molecule has 6 heteroatoms. The van der Waals surface area contributed by atoms with Crippen molar-refractivity contribution >= 4 is 11.9 Å². The van der Waals surface area contributed by atoms with Crippen LogP contribution in [0.3, 0.4) is 0 Å². The van der Waals surface area contributed by atoms with Crippen LogP contribution in [0.15, 0.2) is 0 Å². The summed E-state index contributed by atoms with van der Waals surface area (Å²) in [6.07, 6.45) is 0.456.